The number of para-hydroxylation sites is 1. The lowest BCUT2D eigenvalue weighted by Crippen LogP contribution is -2.44. The summed E-state index contributed by atoms with van der Waals surface area (Å²) in [7, 11) is 0. The lowest BCUT2D eigenvalue weighted by atomic mass is 10.1. The quantitative estimate of drug-likeness (QED) is 0.773. The summed E-state index contributed by atoms with van der Waals surface area (Å²) >= 11 is 0. The molecule has 0 aliphatic carbocycles. The number of fused-ring (bicyclic) bond motifs is 1. The minimum Gasteiger partial charge on any atom is -0.341 e. The summed E-state index contributed by atoms with van der Waals surface area (Å²) in [6, 6.07) is 3.97. The van der Waals surface area contributed by atoms with Gasteiger partial charge in [-0.05, 0) is 31.4 Å². The molecular weight excluding hydrogens is 275 g/mol. The molecule has 0 radical (unpaired) electrons. The Morgan fingerprint density at radius 1 is 1.14 bits per heavy atom. The van der Waals surface area contributed by atoms with Crippen LogP contribution in [-0.4, -0.2) is 42.1 Å². The molecule has 1 aromatic carbocycles. The number of halogens is 1. The lowest BCUT2D eigenvalue weighted by molar-refractivity contribution is -0.131. The second kappa shape index (κ2) is 5.27. The van der Waals surface area contributed by atoms with Crippen LogP contribution in [0.1, 0.15) is 29.6 Å². The number of nitrogens with zero attached hydrogens (tertiary/aromatic N) is 2. The van der Waals surface area contributed by atoms with E-state index in [0.717, 1.165) is 24.2 Å². The average Bonchev–Trinajstić information content (AvgIpc) is 2.74. The Morgan fingerprint density at radius 2 is 1.86 bits per heavy atom. The van der Waals surface area contributed by atoms with Gasteiger partial charge in [-0.25, -0.2) is 4.39 Å². The molecule has 1 fully saturated rings. The Hall–Kier alpha value is -2.24. The normalized spacial score (nSPS) is 18.1. The first-order valence-corrected chi connectivity index (χ1v) is 7.02. The molecule has 21 heavy (non-hydrogen) atoms. The predicted molar refractivity (Wildman–Crippen MR) is 73.5 cm³/mol. The van der Waals surface area contributed by atoms with Crippen LogP contribution >= 0.6 is 0 Å². The molecule has 0 N–H and O–H groups in total. The predicted octanol–water partition coefficient (Wildman–Crippen LogP) is 1.37. The number of likely N-dealkylation sites (tertiary alicyclic amines) is 1. The van der Waals surface area contributed by atoms with Crippen molar-refractivity contribution in [2.24, 2.45) is 0 Å². The van der Waals surface area contributed by atoms with Crippen LogP contribution in [0.5, 0.6) is 0 Å². The van der Waals surface area contributed by atoms with Gasteiger partial charge >= 0.3 is 0 Å². The summed E-state index contributed by atoms with van der Waals surface area (Å²) in [4.78, 5) is 38.7. The van der Waals surface area contributed by atoms with Gasteiger partial charge < -0.3 is 4.90 Å². The van der Waals surface area contributed by atoms with Crippen LogP contribution in [0.2, 0.25) is 0 Å². The summed E-state index contributed by atoms with van der Waals surface area (Å²) in [5.74, 6) is -2.48. The molecule has 6 heteroatoms. The second-order valence-corrected chi connectivity index (χ2v) is 5.30. The zero-order valence-corrected chi connectivity index (χ0v) is 11.5. The molecule has 110 valence electrons. The Labute approximate surface area is 121 Å². The number of hydrogen-bond acceptors (Lipinski definition) is 3. The fourth-order valence-corrected chi connectivity index (χ4v) is 2.84. The molecular formula is C15H15FN2O3. The SMILES string of the molecule is O=C1C(=O)N(CC(=O)N2CCCCC2)c2c(F)cccc21. The molecule has 1 saturated heterocycles. The van der Waals surface area contributed by atoms with E-state index in [1.165, 1.54) is 18.2 Å². The zero-order chi connectivity index (χ0) is 15.0. The molecule has 2 aliphatic heterocycles. The number of amides is 2. The van der Waals surface area contributed by atoms with Crippen molar-refractivity contribution in [3.63, 3.8) is 0 Å². The molecule has 0 aromatic heterocycles. The highest BCUT2D eigenvalue weighted by Gasteiger charge is 2.39. The van der Waals surface area contributed by atoms with Crippen LogP contribution in [0.25, 0.3) is 0 Å². The summed E-state index contributed by atoms with van der Waals surface area (Å²) in [6.45, 7) is 1.02. The van der Waals surface area contributed by atoms with Crippen LogP contribution in [0.3, 0.4) is 0 Å². The monoisotopic (exact) mass is 290 g/mol. The Bertz CT molecular complexity index is 623. The molecule has 0 spiro atoms. The first kappa shape index (κ1) is 13.7. The minimum atomic E-state index is -0.833. The fraction of sp³-hybridized carbons (Fsp3) is 0.400. The van der Waals surface area contributed by atoms with Crippen molar-refractivity contribution in [3.05, 3.63) is 29.6 Å². The molecule has 0 saturated carbocycles. The van der Waals surface area contributed by atoms with E-state index in [1.807, 2.05) is 0 Å². The third-order valence-electron chi connectivity index (χ3n) is 3.94. The van der Waals surface area contributed by atoms with Gasteiger partial charge in [0.05, 0.1) is 11.3 Å². The minimum absolute atomic E-state index is 0.0337. The second-order valence-electron chi connectivity index (χ2n) is 5.30. The van der Waals surface area contributed by atoms with Gasteiger partial charge in [0.1, 0.15) is 12.4 Å². The first-order chi connectivity index (χ1) is 10.1. The number of carbonyl (C=O) groups excluding carboxylic acids is 3. The highest BCUT2D eigenvalue weighted by atomic mass is 19.1. The van der Waals surface area contributed by atoms with Crippen molar-refractivity contribution >= 4 is 23.3 Å². The van der Waals surface area contributed by atoms with Crippen LogP contribution < -0.4 is 4.90 Å². The zero-order valence-electron chi connectivity index (χ0n) is 11.5. The van der Waals surface area contributed by atoms with E-state index in [2.05, 4.69) is 0 Å². The van der Waals surface area contributed by atoms with Gasteiger partial charge in [0.25, 0.3) is 11.7 Å². The maximum absolute atomic E-state index is 13.9. The van der Waals surface area contributed by atoms with Crippen molar-refractivity contribution in [1.29, 1.82) is 0 Å². The maximum atomic E-state index is 13.9. The van der Waals surface area contributed by atoms with E-state index in [0.29, 0.717) is 13.1 Å². The van der Waals surface area contributed by atoms with E-state index in [1.54, 1.807) is 4.90 Å². The largest absolute Gasteiger partial charge is 0.341 e. The van der Waals surface area contributed by atoms with Crippen molar-refractivity contribution < 1.29 is 18.8 Å². The summed E-state index contributed by atoms with van der Waals surface area (Å²) in [6.07, 6.45) is 2.95. The molecule has 0 bridgehead atoms. The maximum Gasteiger partial charge on any atom is 0.300 e. The molecule has 1 aromatic rings. The van der Waals surface area contributed by atoms with Gasteiger partial charge in [0.15, 0.2) is 0 Å². The Balaban J connectivity index is 1.84. The van der Waals surface area contributed by atoms with E-state index in [-0.39, 0.29) is 23.7 Å². The smallest absolute Gasteiger partial charge is 0.300 e. The Morgan fingerprint density at radius 3 is 2.57 bits per heavy atom. The number of benzene rings is 1. The van der Waals surface area contributed by atoms with Crippen molar-refractivity contribution in [2.45, 2.75) is 19.3 Å². The average molecular weight is 290 g/mol. The topological polar surface area (TPSA) is 57.7 Å². The fourth-order valence-electron chi connectivity index (χ4n) is 2.84. The number of hydrogen-bond donors (Lipinski definition) is 0. The van der Waals surface area contributed by atoms with Crippen LogP contribution in [-0.2, 0) is 9.59 Å². The molecule has 0 atom stereocenters. The molecule has 2 heterocycles. The highest BCUT2D eigenvalue weighted by molar-refractivity contribution is 6.52. The Kier molecular flexibility index (Phi) is 3.45. The third-order valence-corrected chi connectivity index (χ3v) is 3.94. The van der Waals surface area contributed by atoms with Gasteiger partial charge in [-0.2, -0.15) is 0 Å². The van der Waals surface area contributed by atoms with Gasteiger partial charge in [-0.15, -0.1) is 0 Å². The van der Waals surface area contributed by atoms with Crippen molar-refractivity contribution in [1.82, 2.24) is 4.90 Å². The van der Waals surface area contributed by atoms with Gasteiger partial charge in [-0.3, -0.25) is 19.3 Å². The molecule has 0 unspecified atom stereocenters. The van der Waals surface area contributed by atoms with Crippen molar-refractivity contribution in [2.75, 3.05) is 24.5 Å². The molecule has 2 aliphatic rings. The molecule has 5 nitrogen and oxygen atoms in total. The highest BCUT2D eigenvalue weighted by Crippen LogP contribution is 2.31. The van der Waals surface area contributed by atoms with Crippen LogP contribution in [0.4, 0.5) is 10.1 Å². The number of anilines is 1. The molecule has 3 rings (SSSR count). The summed E-state index contributed by atoms with van der Waals surface area (Å²) < 4.78 is 13.9. The lowest BCUT2D eigenvalue weighted by Gasteiger charge is -2.28. The van der Waals surface area contributed by atoms with E-state index >= 15 is 0 Å². The number of piperidine rings is 1. The van der Waals surface area contributed by atoms with Crippen LogP contribution in [0.15, 0.2) is 18.2 Å². The van der Waals surface area contributed by atoms with Gasteiger partial charge in [0, 0.05) is 13.1 Å². The van der Waals surface area contributed by atoms with Gasteiger partial charge in [-0.1, -0.05) is 6.07 Å². The van der Waals surface area contributed by atoms with Crippen molar-refractivity contribution in [3.8, 4) is 0 Å². The summed E-state index contributed by atoms with van der Waals surface area (Å²) in [5, 5.41) is 0. The summed E-state index contributed by atoms with van der Waals surface area (Å²) in [5.41, 5.74) is -0.0377. The number of Topliss-reactive ketones (excluding diaryl/α,β-unsaturated/α-hetero) is 1. The van der Waals surface area contributed by atoms with Crippen LogP contribution in [0, 0.1) is 5.82 Å². The molecule has 2 amide bonds. The van der Waals surface area contributed by atoms with E-state index in [4.69, 9.17) is 0 Å². The van der Waals surface area contributed by atoms with E-state index in [9.17, 15) is 18.8 Å². The first-order valence-electron chi connectivity index (χ1n) is 7.02. The third kappa shape index (κ3) is 2.30. The van der Waals surface area contributed by atoms with E-state index < -0.39 is 17.5 Å². The number of ketones is 1. The van der Waals surface area contributed by atoms with Gasteiger partial charge in [0.2, 0.25) is 5.91 Å². The standard InChI is InChI=1S/C15H15FN2O3/c16-11-6-4-5-10-13(11)18(15(21)14(10)20)9-12(19)17-7-2-1-3-8-17/h4-6H,1-3,7-9H2. The number of carbonyl (C=O) groups is 3. The number of rotatable bonds is 2.